The predicted molar refractivity (Wildman–Crippen MR) is 79.6 cm³/mol. The maximum atomic E-state index is 12.0. The minimum atomic E-state index is -0.488. The molecule has 2 rings (SSSR count). The summed E-state index contributed by atoms with van der Waals surface area (Å²) in [6.07, 6.45) is 8.59. The minimum Gasteiger partial charge on any atom is -0.443 e. The Morgan fingerprint density at radius 3 is 3.00 bits per heavy atom. The first-order chi connectivity index (χ1) is 9.44. The van der Waals surface area contributed by atoms with Crippen LogP contribution in [0, 0.1) is 5.92 Å². The molecule has 0 bridgehead atoms. The summed E-state index contributed by atoms with van der Waals surface area (Å²) >= 11 is 0. The minimum absolute atomic E-state index is 0.317. The summed E-state index contributed by atoms with van der Waals surface area (Å²) in [7, 11) is 0. The smallest absolute Gasteiger partial charge is 0.415 e. The van der Waals surface area contributed by atoms with Crippen LogP contribution >= 0.6 is 0 Å². The topological polar surface area (TPSA) is 53.9 Å². The van der Waals surface area contributed by atoms with Crippen molar-refractivity contribution in [2.24, 2.45) is 10.9 Å². The number of ether oxygens (including phenoxy) is 1. The molecule has 0 radical (unpaired) electrons. The molecule has 2 aliphatic rings. The van der Waals surface area contributed by atoms with E-state index < -0.39 is 5.60 Å². The highest BCUT2D eigenvalue weighted by Gasteiger charge is 2.21. The summed E-state index contributed by atoms with van der Waals surface area (Å²) in [5.74, 6) is 0.571. The molecule has 0 saturated carbocycles. The number of allylic oxidation sites excluding steroid dienone is 2. The normalized spacial score (nSPS) is 23.2. The summed E-state index contributed by atoms with van der Waals surface area (Å²) in [4.78, 5) is 17.7. The number of nitrogens with one attached hydrogen (secondary N) is 1. The van der Waals surface area contributed by atoms with Crippen molar-refractivity contribution in [1.82, 2.24) is 10.2 Å². The van der Waals surface area contributed by atoms with Crippen LogP contribution < -0.4 is 5.32 Å². The second-order valence-electron chi connectivity index (χ2n) is 6.14. The van der Waals surface area contributed by atoms with Gasteiger partial charge in [-0.3, -0.25) is 9.89 Å². The molecule has 0 aliphatic carbocycles. The standard InChI is InChI=1S/C15H23N3O2/c1-15(2,3)20-14(19)18-10-13(9-17-11-18)5-4-12-6-7-16-8-12/h4-5,9-10,12,16H,6-8,11H2,1-3H3/t12-/m0/s1. The van der Waals surface area contributed by atoms with Crippen LogP contribution in [0.1, 0.15) is 27.2 Å². The van der Waals surface area contributed by atoms with Crippen molar-refractivity contribution in [3.05, 3.63) is 23.9 Å². The van der Waals surface area contributed by atoms with Gasteiger partial charge in [-0.15, -0.1) is 0 Å². The van der Waals surface area contributed by atoms with E-state index in [2.05, 4.69) is 16.4 Å². The van der Waals surface area contributed by atoms with Gasteiger partial charge in [0, 0.05) is 24.5 Å². The van der Waals surface area contributed by atoms with E-state index in [9.17, 15) is 4.79 Å². The monoisotopic (exact) mass is 277 g/mol. The molecule has 5 heteroatoms. The molecule has 0 aromatic rings. The number of carbonyl (C=O) groups is 1. The summed E-state index contributed by atoms with van der Waals surface area (Å²) in [5.41, 5.74) is 0.437. The zero-order valence-corrected chi connectivity index (χ0v) is 12.4. The molecule has 2 aliphatic heterocycles. The second-order valence-corrected chi connectivity index (χ2v) is 6.14. The molecule has 0 aromatic heterocycles. The van der Waals surface area contributed by atoms with Gasteiger partial charge in [-0.2, -0.15) is 0 Å². The average Bonchev–Trinajstić information content (AvgIpc) is 2.88. The lowest BCUT2D eigenvalue weighted by molar-refractivity contribution is 0.0337. The lowest BCUT2D eigenvalue weighted by atomic mass is 10.1. The van der Waals surface area contributed by atoms with E-state index in [0.29, 0.717) is 12.6 Å². The largest absolute Gasteiger partial charge is 0.443 e. The van der Waals surface area contributed by atoms with Crippen LogP contribution in [0.4, 0.5) is 4.79 Å². The van der Waals surface area contributed by atoms with Gasteiger partial charge >= 0.3 is 6.09 Å². The van der Waals surface area contributed by atoms with Gasteiger partial charge in [-0.05, 0) is 39.7 Å². The quantitative estimate of drug-likeness (QED) is 0.842. The average molecular weight is 277 g/mol. The van der Waals surface area contributed by atoms with E-state index in [1.54, 1.807) is 12.4 Å². The Bertz CT molecular complexity index is 441. The van der Waals surface area contributed by atoms with Crippen LogP contribution in [0.5, 0.6) is 0 Å². The Kier molecular flexibility index (Phi) is 4.60. The number of carbonyl (C=O) groups excluding carboxylic acids is 1. The first kappa shape index (κ1) is 14.8. The van der Waals surface area contributed by atoms with Gasteiger partial charge in [0.1, 0.15) is 12.3 Å². The summed E-state index contributed by atoms with van der Waals surface area (Å²) in [6, 6.07) is 0. The van der Waals surface area contributed by atoms with Crippen molar-refractivity contribution >= 4 is 12.3 Å². The van der Waals surface area contributed by atoms with Crippen molar-refractivity contribution in [3.63, 3.8) is 0 Å². The van der Waals surface area contributed by atoms with Crippen molar-refractivity contribution in [2.75, 3.05) is 19.8 Å². The summed E-state index contributed by atoms with van der Waals surface area (Å²) < 4.78 is 5.34. The van der Waals surface area contributed by atoms with E-state index in [1.165, 1.54) is 4.90 Å². The van der Waals surface area contributed by atoms with Crippen molar-refractivity contribution in [3.8, 4) is 0 Å². The van der Waals surface area contributed by atoms with Crippen molar-refractivity contribution in [2.45, 2.75) is 32.8 Å². The first-order valence-electron chi connectivity index (χ1n) is 7.04. The number of rotatable bonds is 2. The Balaban J connectivity index is 1.96. The zero-order valence-electron chi connectivity index (χ0n) is 12.4. The molecule has 0 aromatic carbocycles. The van der Waals surface area contributed by atoms with E-state index >= 15 is 0 Å². The highest BCUT2D eigenvalue weighted by Crippen LogP contribution is 2.14. The molecule has 1 saturated heterocycles. The van der Waals surface area contributed by atoms with Crippen molar-refractivity contribution < 1.29 is 9.53 Å². The number of hydrogen-bond acceptors (Lipinski definition) is 4. The number of hydrogen-bond donors (Lipinski definition) is 1. The van der Waals surface area contributed by atoms with Crippen LogP contribution in [0.25, 0.3) is 0 Å². The van der Waals surface area contributed by atoms with E-state index in [0.717, 1.165) is 25.1 Å². The fourth-order valence-electron chi connectivity index (χ4n) is 2.09. The highest BCUT2D eigenvalue weighted by atomic mass is 16.6. The highest BCUT2D eigenvalue weighted by molar-refractivity contribution is 5.84. The molecular weight excluding hydrogens is 254 g/mol. The summed E-state index contributed by atoms with van der Waals surface area (Å²) in [5, 5.41) is 3.32. The summed E-state index contributed by atoms with van der Waals surface area (Å²) in [6.45, 7) is 7.99. The molecular formula is C15H23N3O2. The van der Waals surface area contributed by atoms with Gasteiger partial charge in [0.25, 0.3) is 0 Å². The van der Waals surface area contributed by atoms with Gasteiger partial charge in [-0.25, -0.2) is 4.79 Å². The van der Waals surface area contributed by atoms with Gasteiger partial charge in [-0.1, -0.05) is 12.2 Å². The lowest BCUT2D eigenvalue weighted by Gasteiger charge is -2.25. The second kappa shape index (κ2) is 6.22. The Morgan fingerprint density at radius 2 is 2.35 bits per heavy atom. The molecule has 110 valence electrons. The van der Waals surface area contributed by atoms with Crippen LogP contribution in [0.2, 0.25) is 0 Å². The lowest BCUT2D eigenvalue weighted by Crippen LogP contribution is -2.35. The SMILES string of the molecule is CC(C)(C)OC(=O)N1C=C(C=C[C@H]2CCNC2)C=NC1. The van der Waals surface area contributed by atoms with Gasteiger partial charge in [0.15, 0.2) is 0 Å². The molecule has 0 unspecified atom stereocenters. The molecule has 1 atom stereocenters. The maximum Gasteiger partial charge on any atom is 0.415 e. The van der Waals surface area contributed by atoms with E-state index in [1.807, 2.05) is 26.8 Å². The molecule has 1 amide bonds. The van der Waals surface area contributed by atoms with Crippen molar-refractivity contribution in [1.29, 1.82) is 0 Å². The molecule has 2 heterocycles. The third-order valence-corrected chi connectivity index (χ3v) is 3.07. The van der Waals surface area contributed by atoms with Crippen LogP contribution in [0.15, 0.2) is 28.9 Å². The van der Waals surface area contributed by atoms with Gasteiger partial charge in [0.05, 0.1) is 0 Å². The van der Waals surface area contributed by atoms with Crippen LogP contribution in [0.3, 0.4) is 0 Å². The van der Waals surface area contributed by atoms with Crippen LogP contribution in [-0.4, -0.2) is 42.6 Å². The van der Waals surface area contributed by atoms with E-state index in [4.69, 9.17) is 4.74 Å². The Morgan fingerprint density at radius 1 is 1.55 bits per heavy atom. The van der Waals surface area contributed by atoms with E-state index in [-0.39, 0.29) is 6.09 Å². The molecule has 20 heavy (non-hydrogen) atoms. The zero-order chi connectivity index (χ0) is 14.6. The number of nitrogens with zero attached hydrogens (tertiary/aromatic N) is 2. The fraction of sp³-hybridized carbons (Fsp3) is 0.600. The molecule has 5 nitrogen and oxygen atoms in total. The maximum absolute atomic E-state index is 12.0. The first-order valence-corrected chi connectivity index (χ1v) is 7.04. The predicted octanol–water partition coefficient (Wildman–Crippen LogP) is 2.32. The Labute approximate surface area is 120 Å². The molecule has 1 N–H and O–H groups in total. The Hall–Kier alpha value is -1.62. The fourth-order valence-corrected chi connectivity index (χ4v) is 2.09. The molecule has 1 fully saturated rings. The number of amides is 1. The third-order valence-electron chi connectivity index (χ3n) is 3.07. The van der Waals surface area contributed by atoms with Crippen LogP contribution in [-0.2, 0) is 4.74 Å². The third kappa shape index (κ3) is 4.49. The molecule has 0 spiro atoms. The van der Waals surface area contributed by atoms with Gasteiger partial charge in [0.2, 0.25) is 0 Å². The van der Waals surface area contributed by atoms with Gasteiger partial charge < -0.3 is 10.1 Å². The number of aliphatic imine (C=N–C) groups is 1.